The molecule has 0 radical (unpaired) electrons. The van der Waals surface area contributed by atoms with Gasteiger partial charge in [-0.15, -0.1) is 0 Å². The molecule has 1 aromatic carbocycles. The molecule has 2 aromatic rings. The lowest BCUT2D eigenvalue weighted by Gasteiger charge is -2.34. The number of aromatic nitrogens is 1. The molecule has 21 heavy (non-hydrogen) atoms. The van der Waals surface area contributed by atoms with Crippen molar-refractivity contribution in [1.29, 1.82) is 0 Å². The summed E-state index contributed by atoms with van der Waals surface area (Å²) in [5.41, 5.74) is 3.53. The number of hydrogen-bond donors (Lipinski definition) is 0. The predicted molar refractivity (Wildman–Crippen MR) is 86.2 cm³/mol. The molecule has 2 heterocycles. The first-order valence-corrected chi connectivity index (χ1v) is 7.62. The molecule has 1 saturated heterocycles. The number of nitrogens with zero attached hydrogens (tertiary/aromatic N) is 3. The fraction of sp³-hybridized carbons (Fsp3) is 0.333. The molecule has 1 aliphatic heterocycles. The first-order chi connectivity index (χ1) is 10.3. The number of pyridine rings is 1. The summed E-state index contributed by atoms with van der Waals surface area (Å²) in [5, 5.41) is 7.13. The largest absolute Gasteiger partial charge is 0.289 e. The van der Waals surface area contributed by atoms with Crippen LogP contribution in [0.15, 0.2) is 60.0 Å². The molecule has 1 fully saturated rings. The van der Waals surface area contributed by atoms with Crippen LogP contribution in [0.5, 0.6) is 0 Å². The SMILES string of the molecule is C/C(=N\N1CCCC[C@@H]1c1cccnc1)c1ccccc1. The van der Waals surface area contributed by atoms with Gasteiger partial charge in [0.2, 0.25) is 0 Å². The van der Waals surface area contributed by atoms with Crippen molar-refractivity contribution in [3.05, 3.63) is 66.0 Å². The van der Waals surface area contributed by atoms with Crippen molar-refractivity contribution < 1.29 is 0 Å². The summed E-state index contributed by atoms with van der Waals surface area (Å²) < 4.78 is 0. The van der Waals surface area contributed by atoms with Gasteiger partial charge in [0, 0.05) is 18.9 Å². The highest BCUT2D eigenvalue weighted by Crippen LogP contribution is 2.30. The van der Waals surface area contributed by atoms with Crippen LogP contribution in [0.25, 0.3) is 0 Å². The lowest BCUT2D eigenvalue weighted by atomic mass is 9.98. The Kier molecular flexibility index (Phi) is 4.29. The van der Waals surface area contributed by atoms with E-state index in [1.54, 1.807) is 0 Å². The molecule has 0 amide bonds. The fourth-order valence-corrected chi connectivity index (χ4v) is 2.88. The van der Waals surface area contributed by atoms with E-state index >= 15 is 0 Å². The molecule has 108 valence electrons. The van der Waals surface area contributed by atoms with E-state index in [4.69, 9.17) is 5.10 Å². The summed E-state index contributed by atoms with van der Waals surface area (Å²) in [6.45, 7) is 3.11. The summed E-state index contributed by atoms with van der Waals surface area (Å²) in [7, 11) is 0. The molecule has 0 spiro atoms. The molecule has 0 bridgehead atoms. The van der Waals surface area contributed by atoms with Crippen molar-refractivity contribution in [2.75, 3.05) is 6.54 Å². The summed E-state index contributed by atoms with van der Waals surface area (Å²) in [5.74, 6) is 0. The van der Waals surface area contributed by atoms with Crippen molar-refractivity contribution in [3.8, 4) is 0 Å². The summed E-state index contributed by atoms with van der Waals surface area (Å²) in [6.07, 6.45) is 7.42. The van der Waals surface area contributed by atoms with Gasteiger partial charge in [0.15, 0.2) is 0 Å². The van der Waals surface area contributed by atoms with Gasteiger partial charge < -0.3 is 0 Å². The third kappa shape index (κ3) is 3.30. The van der Waals surface area contributed by atoms with Crippen molar-refractivity contribution >= 4 is 5.71 Å². The van der Waals surface area contributed by atoms with Gasteiger partial charge in [-0.3, -0.25) is 9.99 Å². The van der Waals surface area contributed by atoms with Crippen LogP contribution in [0.2, 0.25) is 0 Å². The molecule has 0 N–H and O–H groups in total. The van der Waals surface area contributed by atoms with Crippen LogP contribution in [0, 0.1) is 0 Å². The van der Waals surface area contributed by atoms with Crippen LogP contribution in [-0.4, -0.2) is 22.2 Å². The third-order valence-electron chi connectivity index (χ3n) is 4.01. The van der Waals surface area contributed by atoms with E-state index in [1.165, 1.54) is 24.0 Å². The molecule has 3 heteroatoms. The topological polar surface area (TPSA) is 28.5 Å². The zero-order chi connectivity index (χ0) is 14.5. The number of hydrogen-bond acceptors (Lipinski definition) is 3. The Morgan fingerprint density at radius 3 is 2.76 bits per heavy atom. The quantitative estimate of drug-likeness (QED) is 0.793. The standard InChI is InChI=1S/C18H21N3/c1-15(16-8-3-2-4-9-16)20-21-13-6-5-11-18(21)17-10-7-12-19-14-17/h2-4,7-10,12,14,18H,5-6,11,13H2,1H3/b20-15+/t18-/m1/s1. The smallest absolute Gasteiger partial charge is 0.0734 e. The Bertz CT molecular complexity index is 592. The van der Waals surface area contributed by atoms with E-state index in [1.807, 2.05) is 24.5 Å². The predicted octanol–water partition coefficient (Wildman–Crippen LogP) is 4.03. The van der Waals surface area contributed by atoms with Gasteiger partial charge in [-0.1, -0.05) is 36.4 Å². The lowest BCUT2D eigenvalue weighted by Crippen LogP contribution is -2.30. The van der Waals surface area contributed by atoms with E-state index in [0.717, 1.165) is 18.7 Å². The fourth-order valence-electron chi connectivity index (χ4n) is 2.88. The highest BCUT2D eigenvalue weighted by atomic mass is 15.5. The zero-order valence-electron chi connectivity index (χ0n) is 12.4. The first-order valence-electron chi connectivity index (χ1n) is 7.62. The molecule has 0 unspecified atom stereocenters. The van der Waals surface area contributed by atoms with Crippen molar-refractivity contribution in [2.45, 2.75) is 32.2 Å². The number of rotatable bonds is 3. The van der Waals surface area contributed by atoms with E-state index in [9.17, 15) is 0 Å². The molecular formula is C18H21N3. The van der Waals surface area contributed by atoms with Gasteiger partial charge in [-0.25, -0.2) is 0 Å². The Labute approximate surface area is 126 Å². The first kappa shape index (κ1) is 13.8. The summed E-state index contributed by atoms with van der Waals surface area (Å²) in [4.78, 5) is 4.26. The Balaban J connectivity index is 1.85. The molecule has 1 aromatic heterocycles. The number of hydrazone groups is 1. The minimum Gasteiger partial charge on any atom is -0.289 e. The number of benzene rings is 1. The van der Waals surface area contributed by atoms with Crippen LogP contribution in [0.3, 0.4) is 0 Å². The van der Waals surface area contributed by atoms with E-state index in [0.29, 0.717) is 6.04 Å². The molecule has 1 aliphatic rings. The maximum absolute atomic E-state index is 4.89. The highest BCUT2D eigenvalue weighted by molar-refractivity contribution is 5.98. The second-order valence-corrected chi connectivity index (χ2v) is 5.51. The van der Waals surface area contributed by atoms with E-state index < -0.39 is 0 Å². The number of piperidine rings is 1. The van der Waals surface area contributed by atoms with Crippen molar-refractivity contribution in [1.82, 2.24) is 9.99 Å². The molecule has 0 saturated carbocycles. The van der Waals surface area contributed by atoms with Crippen LogP contribution in [0.4, 0.5) is 0 Å². The Hall–Kier alpha value is -2.16. The van der Waals surface area contributed by atoms with Gasteiger partial charge in [0.1, 0.15) is 0 Å². The van der Waals surface area contributed by atoms with Crippen molar-refractivity contribution in [2.24, 2.45) is 5.10 Å². The summed E-state index contributed by atoms with van der Waals surface area (Å²) >= 11 is 0. The molecule has 3 rings (SSSR count). The van der Waals surface area contributed by atoms with Gasteiger partial charge in [0.05, 0.1) is 11.8 Å². The van der Waals surface area contributed by atoms with Gasteiger partial charge in [-0.05, 0) is 43.4 Å². The van der Waals surface area contributed by atoms with E-state index in [-0.39, 0.29) is 0 Å². The van der Waals surface area contributed by atoms with Crippen LogP contribution in [0.1, 0.15) is 43.4 Å². The van der Waals surface area contributed by atoms with Crippen molar-refractivity contribution in [3.63, 3.8) is 0 Å². The van der Waals surface area contributed by atoms with Crippen LogP contribution < -0.4 is 0 Å². The summed E-state index contributed by atoms with van der Waals surface area (Å²) in [6, 6.07) is 14.9. The van der Waals surface area contributed by atoms with Gasteiger partial charge in [0.25, 0.3) is 0 Å². The van der Waals surface area contributed by atoms with Gasteiger partial charge >= 0.3 is 0 Å². The maximum atomic E-state index is 4.89. The molecule has 1 atom stereocenters. The Morgan fingerprint density at radius 2 is 2.00 bits per heavy atom. The van der Waals surface area contributed by atoms with Crippen LogP contribution in [-0.2, 0) is 0 Å². The average Bonchev–Trinajstić information content (AvgIpc) is 2.57. The lowest BCUT2D eigenvalue weighted by molar-refractivity contribution is 0.155. The molecular weight excluding hydrogens is 258 g/mol. The second kappa shape index (κ2) is 6.53. The zero-order valence-corrected chi connectivity index (χ0v) is 12.4. The van der Waals surface area contributed by atoms with Gasteiger partial charge in [-0.2, -0.15) is 5.10 Å². The van der Waals surface area contributed by atoms with E-state index in [2.05, 4.69) is 47.2 Å². The second-order valence-electron chi connectivity index (χ2n) is 5.51. The van der Waals surface area contributed by atoms with Crippen LogP contribution >= 0.6 is 0 Å². The molecule has 3 nitrogen and oxygen atoms in total. The molecule has 0 aliphatic carbocycles. The minimum atomic E-state index is 0.353. The normalized spacial score (nSPS) is 19.6. The minimum absolute atomic E-state index is 0.353. The maximum Gasteiger partial charge on any atom is 0.0734 e. The monoisotopic (exact) mass is 279 g/mol. The average molecular weight is 279 g/mol. The third-order valence-corrected chi connectivity index (χ3v) is 4.01. The highest BCUT2D eigenvalue weighted by Gasteiger charge is 2.23. The Morgan fingerprint density at radius 1 is 1.14 bits per heavy atom.